The molecule has 2 N–H and O–H groups in total. The lowest BCUT2D eigenvalue weighted by molar-refractivity contribution is -0.0532. The maximum atomic E-state index is 10.2. The van der Waals surface area contributed by atoms with Crippen molar-refractivity contribution in [2.45, 2.75) is 50.1 Å². The first-order valence-electron chi connectivity index (χ1n) is 10.6. The van der Waals surface area contributed by atoms with E-state index in [0.717, 1.165) is 43.5 Å². The Labute approximate surface area is 173 Å². The van der Waals surface area contributed by atoms with Gasteiger partial charge in [-0.2, -0.15) is 0 Å². The van der Waals surface area contributed by atoms with E-state index in [-0.39, 0.29) is 24.4 Å². The topological polar surface area (TPSA) is 54.0 Å². The van der Waals surface area contributed by atoms with E-state index in [0.29, 0.717) is 6.54 Å². The van der Waals surface area contributed by atoms with Crippen molar-refractivity contribution in [1.29, 1.82) is 0 Å². The van der Waals surface area contributed by atoms with Crippen LogP contribution in [0.5, 0.6) is 5.75 Å². The molecule has 0 amide bonds. The number of ether oxygens (including phenoxy) is 2. The van der Waals surface area contributed by atoms with Crippen molar-refractivity contribution in [2.75, 3.05) is 27.3 Å². The quantitative estimate of drug-likeness (QED) is 0.753. The van der Waals surface area contributed by atoms with Crippen LogP contribution in [-0.2, 0) is 11.2 Å². The van der Waals surface area contributed by atoms with Gasteiger partial charge in [-0.1, -0.05) is 42.5 Å². The van der Waals surface area contributed by atoms with Crippen LogP contribution in [0.2, 0.25) is 0 Å². The third-order valence-electron chi connectivity index (χ3n) is 6.43. The summed E-state index contributed by atoms with van der Waals surface area (Å²) in [7, 11) is 3.51. The zero-order chi connectivity index (χ0) is 20.2. The molecule has 1 fully saturated rings. The van der Waals surface area contributed by atoms with Crippen molar-refractivity contribution in [3.8, 4) is 5.75 Å². The van der Waals surface area contributed by atoms with E-state index in [1.807, 2.05) is 12.1 Å². The van der Waals surface area contributed by atoms with E-state index in [9.17, 15) is 5.11 Å². The van der Waals surface area contributed by atoms with E-state index < -0.39 is 0 Å². The molecule has 1 aliphatic heterocycles. The summed E-state index contributed by atoms with van der Waals surface area (Å²) in [6.07, 6.45) is 3.64. The van der Waals surface area contributed by atoms with E-state index in [1.165, 1.54) is 11.1 Å². The van der Waals surface area contributed by atoms with E-state index in [1.54, 1.807) is 14.2 Å². The van der Waals surface area contributed by atoms with Gasteiger partial charge < -0.3 is 19.9 Å². The van der Waals surface area contributed by atoms with Crippen LogP contribution >= 0.6 is 0 Å². The predicted octanol–water partition coefficient (Wildman–Crippen LogP) is 3.12. The van der Waals surface area contributed by atoms with Gasteiger partial charge in [0.2, 0.25) is 0 Å². The van der Waals surface area contributed by atoms with Crippen molar-refractivity contribution in [1.82, 2.24) is 10.2 Å². The largest absolute Gasteiger partial charge is 0.496 e. The average molecular weight is 397 g/mol. The smallest absolute Gasteiger partial charge is 0.123 e. The molecular formula is C24H32N2O3. The minimum atomic E-state index is -0.250. The molecule has 1 heterocycles. The fraction of sp³-hybridized carbons (Fsp3) is 0.500. The van der Waals surface area contributed by atoms with Crippen LogP contribution < -0.4 is 10.1 Å². The highest BCUT2D eigenvalue weighted by Gasteiger charge is 2.35. The number of para-hydroxylation sites is 1. The Bertz CT molecular complexity index is 812. The molecule has 0 aromatic heterocycles. The van der Waals surface area contributed by atoms with Gasteiger partial charge in [0.15, 0.2) is 0 Å². The third-order valence-corrected chi connectivity index (χ3v) is 6.43. The number of methoxy groups -OCH3 is 2. The molecule has 0 spiro atoms. The summed E-state index contributed by atoms with van der Waals surface area (Å²) < 4.78 is 11.7. The Morgan fingerprint density at radius 3 is 2.55 bits per heavy atom. The van der Waals surface area contributed by atoms with E-state index >= 15 is 0 Å². The number of nitrogens with zero attached hydrogens (tertiary/aromatic N) is 1. The molecule has 1 saturated carbocycles. The fourth-order valence-electron chi connectivity index (χ4n) is 4.90. The Balaban J connectivity index is 1.65. The average Bonchev–Trinajstić information content (AvgIpc) is 3.18. The number of aliphatic hydroxyl groups is 1. The van der Waals surface area contributed by atoms with Crippen molar-refractivity contribution in [3.05, 3.63) is 65.2 Å². The van der Waals surface area contributed by atoms with Gasteiger partial charge in [-0.3, -0.25) is 4.90 Å². The van der Waals surface area contributed by atoms with E-state index in [4.69, 9.17) is 9.47 Å². The van der Waals surface area contributed by atoms with Gasteiger partial charge in [-0.15, -0.1) is 0 Å². The number of rotatable bonds is 7. The SMILES string of the molecule is COc1ccccc1C1c2ccccc2CCN1C(CNC1CCC[C@@H]1O)OC. The maximum absolute atomic E-state index is 10.2. The molecule has 0 radical (unpaired) electrons. The number of hydrogen-bond acceptors (Lipinski definition) is 5. The number of nitrogens with one attached hydrogen (secondary N) is 1. The van der Waals surface area contributed by atoms with E-state index in [2.05, 4.69) is 46.6 Å². The van der Waals surface area contributed by atoms with Gasteiger partial charge >= 0.3 is 0 Å². The molecule has 0 bridgehead atoms. The van der Waals surface area contributed by atoms with Crippen molar-refractivity contribution in [3.63, 3.8) is 0 Å². The van der Waals surface area contributed by atoms with Crippen LogP contribution in [0.3, 0.4) is 0 Å². The molecule has 4 rings (SSSR count). The number of aliphatic hydroxyl groups excluding tert-OH is 1. The fourth-order valence-corrected chi connectivity index (χ4v) is 4.90. The van der Waals surface area contributed by atoms with Crippen LogP contribution in [0, 0.1) is 0 Å². The summed E-state index contributed by atoms with van der Waals surface area (Å²) in [6.45, 7) is 1.60. The minimum Gasteiger partial charge on any atom is -0.496 e. The van der Waals surface area contributed by atoms with Crippen molar-refractivity contribution >= 4 is 0 Å². The predicted molar refractivity (Wildman–Crippen MR) is 114 cm³/mol. The number of hydrogen-bond donors (Lipinski definition) is 2. The Kier molecular flexibility index (Phi) is 6.50. The molecule has 5 heteroatoms. The lowest BCUT2D eigenvalue weighted by Crippen LogP contribution is -2.51. The van der Waals surface area contributed by atoms with Crippen LogP contribution in [-0.4, -0.2) is 55.7 Å². The molecule has 0 saturated heterocycles. The van der Waals surface area contributed by atoms with Gasteiger partial charge in [0.25, 0.3) is 0 Å². The second-order valence-corrected chi connectivity index (χ2v) is 8.03. The molecular weight excluding hydrogens is 364 g/mol. The van der Waals surface area contributed by atoms with Crippen LogP contribution in [0.25, 0.3) is 0 Å². The normalized spacial score (nSPS) is 25.6. The van der Waals surface area contributed by atoms with Crippen LogP contribution in [0.4, 0.5) is 0 Å². The summed E-state index contributed by atoms with van der Waals surface area (Å²) >= 11 is 0. The molecule has 156 valence electrons. The summed E-state index contributed by atoms with van der Waals surface area (Å²) in [5.74, 6) is 0.897. The lowest BCUT2D eigenvalue weighted by atomic mass is 9.87. The first kappa shape index (κ1) is 20.4. The molecule has 3 unspecified atom stereocenters. The molecule has 1 aliphatic carbocycles. The summed E-state index contributed by atoms with van der Waals surface area (Å²) in [5.41, 5.74) is 3.85. The standard InChI is InChI=1S/C24H32N2O3/c1-28-22-13-6-5-10-19(22)24-18-9-4-3-8-17(18)14-15-26(24)23(29-2)16-25-20-11-7-12-21(20)27/h3-6,8-10,13,20-21,23-25,27H,7,11-12,14-16H2,1-2H3/t20?,21-,23?,24?/m0/s1. The summed E-state index contributed by atoms with van der Waals surface area (Å²) in [5, 5.41) is 13.7. The Morgan fingerprint density at radius 1 is 1.07 bits per heavy atom. The summed E-state index contributed by atoms with van der Waals surface area (Å²) in [6, 6.07) is 17.2. The highest BCUT2D eigenvalue weighted by molar-refractivity contribution is 5.45. The van der Waals surface area contributed by atoms with Crippen molar-refractivity contribution < 1.29 is 14.6 Å². The van der Waals surface area contributed by atoms with Crippen LogP contribution in [0.1, 0.15) is 42.0 Å². The minimum absolute atomic E-state index is 0.0661. The number of benzene rings is 2. The molecule has 2 aliphatic rings. The maximum Gasteiger partial charge on any atom is 0.123 e. The second kappa shape index (κ2) is 9.26. The van der Waals surface area contributed by atoms with Gasteiger partial charge in [0.1, 0.15) is 12.0 Å². The molecule has 4 atom stereocenters. The monoisotopic (exact) mass is 396 g/mol. The van der Waals surface area contributed by atoms with Crippen molar-refractivity contribution in [2.24, 2.45) is 0 Å². The van der Waals surface area contributed by atoms with Gasteiger partial charge in [-0.05, 0) is 42.9 Å². The Hall–Kier alpha value is -1.92. The van der Waals surface area contributed by atoms with Gasteiger partial charge in [0.05, 0.1) is 19.3 Å². The lowest BCUT2D eigenvalue weighted by Gasteiger charge is -2.42. The molecule has 2 aromatic rings. The Morgan fingerprint density at radius 2 is 1.83 bits per heavy atom. The first-order chi connectivity index (χ1) is 14.2. The highest BCUT2D eigenvalue weighted by atomic mass is 16.5. The number of fused-ring (bicyclic) bond motifs is 1. The first-order valence-corrected chi connectivity index (χ1v) is 10.6. The third kappa shape index (κ3) is 4.19. The van der Waals surface area contributed by atoms with Gasteiger partial charge in [-0.25, -0.2) is 0 Å². The van der Waals surface area contributed by atoms with Crippen LogP contribution in [0.15, 0.2) is 48.5 Å². The zero-order valence-electron chi connectivity index (χ0n) is 17.4. The highest BCUT2D eigenvalue weighted by Crippen LogP contribution is 2.40. The zero-order valence-corrected chi connectivity index (χ0v) is 17.4. The molecule has 2 aromatic carbocycles. The summed E-state index contributed by atoms with van der Waals surface area (Å²) in [4.78, 5) is 2.43. The second-order valence-electron chi connectivity index (χ2n) is 8.03. The molecule has 5 nitrogen and oxygen atoms in total. The van der Waals surface area contributed by atoms with Gasteiger partial charge in [0, 0.05) is 31.8 Å². The molecule has 29 heavy (non-hydrogen) atoms.